The maximum Gasteiger partial charge on any atom is 0.260 e. The van der Waals surface area contributed by atoms with Crippen LogP contribution in [0.4, 0.5) is 5.69 Å². The fourth-order valence-corrected chi connectivity index (χ4v) is 4.48. The van der Waals surface area contributed by atoms with Gasteiger partial charge in [0, 0.05) is 57.9 Å². The van der Waals surface area contributed by atoms with Crippen LogP contribution in [0, 0.1) is 5.92 Å². The smallest absolute Gasteiger partial charge is 0.260 e. The van der Waals surface area contributed by atoms with Gasteiger partial charge in [0.1, 0.15) is 11.5 Å². The van der Waals surface area contributed by atoms with Crippen LogP contribution in [-0.4, -0.2) is 86.5 Å². The number of piperazine rings is 1. The molecule has 2 aromatic carbocycles. The molecular weight excluding hydrogens is 460 g/mol. The maximum absolute atomic E-state index is 12.6. The largest absolute Gasteiger partial charge is 0.494 e. The van der Waals surface area contributed by atoms with Gasteiger partial charge in [-0.25, -0.2) is 0 Å². The van der Waals surface area contributed by atoms with E-state index in [0.29, 0.717) is 45.1 Å². The predicted molar refractivity (Wildman–Crippen MR) is 136 cm³/mol. The molecule has 4 rings (SSSR count). The van der Waals surface area contributed by atoms with Crippen molar-refractivity contribution in [1.29, 1.82) is 0 Å². The number of amides is 3. The Morgan fingerprint density at radius 1 is 0.944 bits per heavy atom. The highest BCUT2D eigenvalue weighted by Crippen LogP contribution is 2.24. The van der Waals surface area contributed by atoms with Crippen molar-refractivity contribution in [3.63, 3.8) is 0 Å². The Hall–Kier alpha value is -3.59. The van der Waals surface area contributed by atoms with Gasteiger partial charge in [0.05, 0.1) is 12.5 Å². The summed E-state index contributed by atoms with van der Waals surface area (Å²) in [5.41, 5.74) is 0.829. The number of carbonyl (C=O) groups excluding carboxylic acids is 3. The molecule has 2 saturated heterocycles. The standard InChI is InChI=1S/C27H34N4O5/c1-2-35-23-8-10-24(11-9-23)36-20-26(33)30-16-14-29(15-17-30)13-12-28-27(34)21-18-25(32)31(19-21)22-6-4-3-5-7-22/h3-11,21H,2,12-20H2,1H3,(H,28,34). The Bertz CT molecular complexity index is 1020. The summed E-state index contributed by atoms with van der Waals surface area (Å²) in [4.78, 5) is 43.2. The van der Waals surface area contributed by atoms with Gasteiger partial charge in [-0.15, -0.1) is 0 Å². The minimum Gasteiger partial charge on any atom is -0.494 e. The van der Waals surface area contributed by atoms with Crippen LogP contribution in [0.5, 0.6) is 11.5 Å². The molecular formula is C27H34N4O5. The van der Waals surface area contributed by atoms with Gasteiger partial charge < -0.3 is 24.6 Å². The molecule has 3 amide bonds. The summed E-state index contributed by atoms with van der Waals surface area (Å²) in [5.74, 6) is 0.940. The molecule has 192 valence electrons. The monoisotopic (exact) mass is 494 g/mol. The van der Waals surface area contributed by atoms with E-state index >= 15 is 0 Å². The zero-order valence-corrected chi connectivity index (χ0v) is 20.7. The first kappa shape index (κ1) is 25.5. The van der Waals surface area contributed by atoms with E-state index in [2.05, 4.69) is 10.2 Å². The molecule has 2 aliphatic rings. The molecule has 0 aliphatic carbocycles. The average Bonchev–Trinajstić information content (AvgIpc) is 3.31. The Labute approximate surface area is 211 Å². The molecule has 2 heterocycles. The van der Waals surface area contributed by atoms with Crippen molar-refractivity contribution in [2.75, 3.05) is 63.9 Å². The molecule has 36 heavy (non-hydrogen) atoms. The van der Waals surface area contributed by atoms with Crippen LogP contribution in [0.25, 0.3) is 0 Å². The van der Waals surface area contributed by atoms with Gasteiger partial charge in [-0.2, -0.15) is 0 Å². The lowest BCUT2D eigenvalue weighted by atomic mass is 10.1. The van der Waals surface area contributed by atoms with Crippen LogP contribution in [0.2, 0.25) is 0 Å². The number of ether oxygens (including phenoxy) is 2. The summed E-state index contributed by atoms with van der Waals surface area (Å²) in [6, 6.07) is 16.7. The molecule has 0 bridgehead atoms. The summed E-state index contributed by atoms with van der Waals surface area (Å²) in [5, 5.41) is 2.98. The summed E-state index contributed by atoms with van der Waals surface area (Å²) in [7, 11) is 0. The SMILES string of the molecule is CCOc1ccc(OCC(=O)N2CCN(CCNC(=O)C3CC(=O)N(c4ccccc4)C3)CC2)cc1. The molecule has 1 N–H and O–H groups in total. The topological polar surface area (TPSA) is 91.4 Å². The lowest BCUT2D eigenvalue weighted by Gasteiger charge is -2.34. The van der Waals surface area contributed by atoms with Crippen molar-refractivity contribution in [2.24, 2.45) is 5.92 Å². The number of nitrogens with zero attached hydrogens (tertiary/aromatic N) is 3. The van der Waals surface area contributed by atoms with E-state index in [1.807, 2.05) is 54.3 Å². The van der Waals surface area contributed by atoms with Crippen LogP contribution < -0.4 is 19.7 Å². The fourth-order valence-electron chi connectivity index (χ4n) is 4.48. The molecule has 0 aromatic heterocycles. The lowest BCUT2D eigenvalue weighted by Crippen LogP contribution is -2.51. The molecule has 1 unspecified atom stereocenters. The Morgan fingerprint density at radius 2 is 1.61 bits per heavy atom. The summed E-state index contributed by atoms with van der Waals surface area (Å²) in [6.45, 7) is 6.92. The number of nitrogens with one attached hydrogen (secondary N) is 1. The van der Waals surface area contributed by atoms with Gasteiger partial charge in [0.25, 0.3) is 5.91 Å². The maximum atomic E-state index is 12.6. The second-order valence-corrected chi connectivity index (χ2v) is 8.95. The molecule has 0 spiro atoms. The number of hydrogen-bond acceptors (Lipinski definition) is 6. The van der Waals surface area contributed by atoms with Gasteiger partial charge in [0.15, 0.2) is 6.61 Å². The molecule has 2 aliphatic heterocycles. The molecule has 0 radical (unpaired) electrons. The summed E-state index contributed by atoms with van der Waals surface area (Å²) >= 11 is 0. The molecule has 2 fully saturated rings. The Balaban J connectivity index is 1.12. The van der Waals surface area contributed by atoms with E-state index < -0.39 is 0 Å². The first-order valence-corrected chi connectivity index (χ1v) is 12.5. The molecule has 1 atom stereocenters. The lowest BCUT2D eigenvalue weighted by molar-refractivity contribution is -0.135. The highest BCUT2D eigenvalue weighted by Gasteiger charge is 2.35. The number of anilines is 1. The molecule has 9 nitrogen and oxygen atoms in total. The second kappa shape index (κ2) is 12.4. The van der Waals surface area contributed by atoms with Gasteiger partial charge >= 0.3 is 0 Å². The molecule has 0 saturated carbocycles. The first-order valence-electron chi connectivity index (χ1n) is 12.5. The fraction of sp³-hybridized carbons (Fsp3) is 0.444. The normalized spacial score (nSPS) is 18.2. The van der Waals surface area contributed by atoms with Gasteiger partial charge in [0.2, 0.25) is 11.8 Å². The summed E-state index contributed by atoms with van der Waals surface area (Å²) < 4.78 is 11.0. The van der Waals surface area contributed by atoms with Gasteiger partial charge in [-0.05, 0) is 43.3 Å². The number of hydrogen-bond donors (Lipinski definition) is 1. The van der Waals surface area contributed by atoms with E-state index in [9.17, 15) is 14.4 Å². The van der Waals surface area contributed by atoms with Crippen LogP contribution in [0.1, 0.15) is 13.3 Å². The minimum atomic E-state index is -0.331. The van der Waals surface area contributed by atoms with E-state index in [1.165, 1.54) is 0 Å². The third-order valence-electron chi connectivity index (χ3n) is 6.51. The van der Waals surface area contributed by atoms with Crippen molar-refractivity contribution >= 4 is 23.4 Å². The highest BCUT2D eigenvalue weighted by atomic mass is 16.5. The number of rotatable bonds is 10. The number of benzene rings is 2. The van der Waals surface area contributed by atoms with E-state index in [4.69, 9.17) is 9.47 Å². The third kappa shape index (κ3) is 6.75. The Kier molecular flexibility index (Phi) is 8.78. The zero-order valence-electron chi connectivity index (χ0n) is 20.7. The number of carbonyl (C=O) groups is 3. The van der Waals surface area contributed by atoms with E-state index in [0.717, 1.165) is 24.5 Å². The van der Waals surface area contributed by atoms with Gasteiger partial charge in [-0.3, -0.25) is 19.3 Å². The molecule has 9 heteroatoms. The predicted octanol–water partition coefficient (Wildman–Crippen LogP) is 1.78. The minimum absolute atomic E-state index is 0.00411. The van der Waals surface area contributed by atoms with Crippen LogP contribution in [-0.2, 0) is 14.4 Å². The van der Waals surface area contributed by atoms with Gasteiger partial charge in [-0.1, -0.05) is 18.2 Å². The second-order valence-electron chi connectivity index (χ2n) is 8.95. The van der Waals surface area contributed by atoms with Crippen LogP contribution in [0.15, 0.2) is 54.6 Å². The van der Waals surface area contributed by atoms with Crippen molar-refractivity contribution in [1.82, 2.24) is 15.1 Å². The van der Waals surface area contributed by atoms with E-state index in [-0.39, 0.29) is 36.7 Å². The first-order chi connectivity index (χ1) is 17.5. The van der Waals surface area contributed by atoms with Crippen LogP contribution in [0.3, 0.4) is 0 Å². The number of para-hydroxylation sites is 1. The van der Waals surface area contributed by atoms with Crippen molar-refractivity contribution in [3.8, 4) is 11.5 Å². The average molecular weight is 495 g/mol. The van der Waals surface area contributed by atoms with Crippen molar-refractivity contribution in [3.05, 3.63) is 54.6 Å². The quantitative estimate of drug-likeness (QED) is 0.542. The summed E-state index contributed by atoms with van der Waals surface area (Å²) in [6.07, 6.45) is 0.236. The zero-order chi connectivity index (χ0) is 25.3. The van der Waals surface area contributed by atoms with Crippen molar-refractivity contribution in [2.45, 2.75) is 13.3 Å². The van der Waals surface area contributed by atoms with Crippen LogP contribution >= 0.6 is 0 Å². The van der Waals surface area contributed by atoms with E-state index in [1.54, 1.807) is 17.0 Å². The Morgan fingerprint density at radius 3 is 2.28 bits per heavy atom. The third-order valence-corrected chi connectivity index (χ3v) is 6.51. The van der Waals surface area contributed by atoms with Crippen molar-refractivity contribution < 1.29 is 23.9 Å². The molecule has 2 aromatic rings. The highest BCUT2D eigenvalue weighted by molar-refractivity contribution is 6.00.